The number of aromatic nitrogens is 4. The Morgan fingerprint density at radius 3 is 3.17 bits per heavy atom. The lowest BCUT2D eigenvalue weighted by Crippen LogP contribution is -2.29. The van der Waals surface area contributed by atoms with Gasteiger partial charge >= 0.3 is 0 Å². The third kappa shape index (κ3) is 1.37. The molecule has 92 valence electrons. The molecule has 0 spiro atoms. The number of H-pyrrole nitrogens is 2. The molecule has 0 aromatic carbocycles. The fraction of sp³-hybridized carbons (Fsp3) is 0.385. The first-order chi connectivity index (χ1) is 8.93. The Bertz CT molecular complexity index is 690. The van der Waals surface area contributed by atoms with Crippen molar-refractivity contribution < 1.29 is 0 Å². The third-order valence-corrected chi connectivity index (χ3v) is 3.83. The molecule has 5 heteroatoms. The van der Waals surface area contributed by atoms with Crippen LogP contribution in [0.3, 0.4) is 0 Å². The van der Waals surface area contributed by atoms with Gasteiger partial charge in [0.15, 0.2) is 0 Å². The number of fused-ring (bicyclic) bond motifs is 3. The van der Waals surface area contributed by atoms with E-state index in [9.17, 15) is 0 Å². The first kappa shape index (κ1) is 10.1. The molecular weight excluding hydrogens is 226 g/mol. The third-order valence-electron chi connectivity index (χ3n) is 3.83. The second kappa shape index (κ2) is 3.81. The molecular formula is C13H15N5. The second-order valence-electron chi connectivity index (χ2n) is 4.94. The minimum absolute atomic E-state index is 0.481. The summed E-state index contributed by atoms with van der Waals surface area (Å²) in [6.07, 6.45) is 6.24. The van der Waals surface area contributed by atoms with Gasteiger partial charge in [0.2, 0.25) is 0 Å². The van der Waals surface area contributed by atoms with Crippen LogP contribution in [-0.4, -0.2) is 33.3 Å². The highest BCUT2D eigenvalue weighted by molar-refractivity contribution is 6.04. The molecule has 1 unspecified atom stereocenters. The van der Waals surface area contributed by atoms with Crippen LogP contribution in [0, 0.1) is 0 Å². The van der Waals surface area contributed by atoms with E-state index in [1.807, 2.05) is 12.4 Å². The van der Waals surface area contributed by atoms with Gasteiger partial charge in [0.1, 0.15) is 5.65 Å². The lowest BCUT2D eigenvalue weighted by Gasteiger charge is -2.22. The molecule has 3 aromatic heterocycles. The second-order valence-corrected chi connectivity index (χ2v) is 4.94. The Hall–Kier alpha value is -1.88. The van der Waals surface area contributed by atoms with Gasteiger partial charge < -0.3 is 10.3 Å². The maximum atomic E-state index is 4.79. The molecule has 1 fully saturated rings. The topological polar surface area (TPSA) is 69.4 Å². The Labute approximate surface area is 104 Å². The van der Waals surface area contributed by atoms with Crippen molar-refractivity contribution in [1.29, 1.82) is 0 Å². The largest absolute Gasteiger partial charge is 0.346 e. The van der Waals surface area contributed by atoms with Gasteiger partial charge in [-0.25, -0.2) is 4.98 Å². The van der Waals surface area contributed by atoms with Gasteiger partial charge in [-0.3, -0.25) is 5.10 Å². The van der Waals surface area contributed by atoms with Gasteiger partial charge in [-0.15, -0.1) is 0 Å². The molecule has 3 N–H and O–H groups in total. The van der Waals surface area contributed by atoms with E-state index < -0.39 is 0 Å². The van der Waals surface area contributed by atoms with E-state index in [2.05, 4.69) is 26.6 Å². The van der Waals surface area contributed by atoms with Crippen LogP contribution in [0.1, 0.15) is 24.5 Å². The highest BCUT2D eigenvalue weighted by atomic mass is 15.1. The van der Waals surface area contributed by atoms with Gasteiger partial charge in [-0.05, 0) is 25.5 Å². The summed E-state index contributed by atoms with van der Waals surface area (Å²) in [6, 6.07) is 2.06. The van der Waals surface area contributed by atoms with E-state index in [1.165, 1.54) is 18.2 Å². The summed E-state index contributed by atoms with van der Waals surface area (Å²) in [5.74, 6) is 0.481. The monoisotopic (exact) mass is 241 g/mol. The number of nitrogens with one attached hydrogen (secondary N) is 3. The molecule has 4 rings (SSSR count). The summed E-state index contributed by atoms with van der Waals surface area (Å²) in [5, 5.41) is 13.1. The number of pyridine rings is 1. The molecule has 1 aliphatic heterocycles. The highest BCUT2D eigenvalue weighted by Gasteiger charge is 2.21. The molecule has 1 atom stereocenters. The van der Waals surface area contributed by atoms with E-state index in [0.29, 0.717) is 5.92 Å². The zero-order chi connectivity index (χ0) is 11.9. The number of hydrogen-bond donors (Lipinski definition) is 3. The molecule has 4 heterocycles. The molecule has 18 heavy (non-hydrogen) atoms. The Morgan fingerprint density at radius 1 is 1.28 bits per heavy atom. The van der Waals surface area contributed by atoms with Crippen molar-refractivity contribution in [3.05, 3.63) is 24.2 Å². The zero-order valence-corrected chi connectivity index (χ0v) is 10.0. The molecule has 5 nitrogen and oxygen atoms in total. The van der Waals surface area contributed by atoms with Gasteiger partial charge in [-0.1, -0.05) is 0 Å². The lowest BCUT2D eigenvalue weighted by molar-refractivity contribution is 0.457. The minimum Gasteiger partial charge on any atom is -0.346 e. The fourth-order valence-corrected chi connectivity index (χ4v) is 2.91. The molecule has 0 bridgehead atoms. The average Bonchev–Trinajstić information content (AvgIpc) is 3.06. The van der Waals surface area contributed by atoms with Gasteiger partial charge in [0.05, 0.1) is 17.4 Å². The maximum Gasteiger partial charge on any atom is 0.138 e. The standard InChI is InChI=1S/C13H15N5/c1-2-8(6-14-4-1)11-12-10(7-16-18-12)9-3-5-15-13(9)17-11/h3,5,7-8,14H,1-2,4,6H2,(H,15,17)(H,16,18). The normalized spacial score (nSPS) is 20.8. The minimum atomic E-state index is 0.481. The Kier molecular flexibility index (Phi) is 2.14. The lowest BCUT2D eigenvalue weighted by atomic mass is 9.94. The summed E-state index contributed by atoms with van der Waals surface area (Å²) in [7, 11) is 0. The predicted octanol–water partition coefficient (Wildman–Crippen LogP) is 1.91. The summed E-state index contributed by atoms with van der Waals surface area (Å²) in [4.78, 5) is 8.00. The molecule has 1 aliphatic rings. The van der Waals surface area contributed by atoms with Crippen LogP contribution in [0.5, 0.6) is 0 Å². The Morgan fingerprint density at radius 2 is 2.28 bits per heavy atom. The highest BCUT2D eigenvalue weighted by Crippen LogP contribution is 2.31. The van der Waals surface area contributed by atoms with E-state index >= 15 is 0 Å². The summed E-state index contributed by atoms with van der Waals surface area (Å²) in [5.41, 5.74) is 3.20. The first-order valence-corrected chi connectivity index (χ1v) is 6.44. The molecule has 0 radical (unpaired) electrons. The molecule has 0 aliphatic carbocycles. The van der Waals surface area contributed by atoms with Crippen molar-refractivity contribution in [2.45, 2.75) is 18.8 Å². The fourth-order valence-electron chi connectivity index (χ4n) is 2.91. The number of rotatable bonds is 1. The number of hydrogen-bond acceptors (Lipinski definition) is 3. The average molecular weight is 241 g/mol. The molecule has 0 saturated carbocycles. The van der Waals surface area contributed by atoms with Crippen molar-refractivity contribution in [2.24, 2.45) is 0 Å². The maximum absolute atomic E-state index is 4.79. The van der Waals surface area contributed by atoms with Crippen molar-refractivity contribution in [3.63, 3.8) is 0 Å². The van der Waals surface area contributed by atoms with E-state index in [0.717, 1.165) is 35.3 Å². The van der Waals surface area contributed by atoms with E-state index in [-0.39, 0.29) is 0 Å². The molecule has 3 aromatic rings. The smallest absolute Gasteiger partial charge is 0.138 e. The number of aromatic amines is 2. The first-order valence-electron chi connectivity index (χ1n) is 6.44. The summed E-state index contributed by atoms with van der Waals surface area (Å²) in [6.45, 7) is 2.13. The van der Waals surface area contributed by atoms with Crippen molar-refractivity contribution in [3.8, 4) is 0 Å². The molecule has 1 saturated heterocycles. The van der Waals surface area contributed by atoms with Crippen LogP contribution in [0.15, 0.2) is 18.5 Å². The van der Waals surface area contributed by atoms with Crippen LogP contribution in [-0.2, 0) is 0 Å². The SMILES string of the molecule is c1cc2c(nc(C3CCCNC3)c3[nH]ncc32)[nH]1. The van der Waals surface area contributed by atoms with Gasteiger partial charge in [-0.2, -0.15) is 5.10 Å². The van der Waals surface area contributed by atoms with Gasteiger partial charge in [0, 0.05) is 29.4 Å². The van der Waals surface area contributed by atoms with Crippen molar-refractivity contribution in [2.75, 3.05) is 13.1 Å². The van der Waals surface area contributed by atoms with E-state index in [4.69, 9.17) is 4.98 Å². The summed E-state index contributed by atoms with van der Waals surface area (Å²) >= 11 is 0. The Balaban J connectivity index is 1.97. The van der Waals surface area contributed by atoms with Crippen LogP contribution in [0.2, 0.25) is 0 Å². The quantitative estimate of drug-likeness (QED) is 0.609. The van der Waals surface area contributed by atoms with Crippen LogP contribution < -0.4 is 5.32 Å². The summed E-state index contributed by atoms with van der Waals surface area (Å²) < 4.78 is 0. The van der Waals surface area contributed by atoms with Gasteiger partial charge in [0.25, 0.3) is 0 Å². The zero-order valence-electron chi connectivity index (χ0n) is 10.0. The van der Waals surface area contributed by atoms with Crippen molar-refractivity contribution >= 4 is 21.9 Å². The van der Waals surface area contributed by atoms with Crippen LogP contribution in [0.25, 0.3) is 21.9 Å². The van der Waals surface area contributed by atoms with Crippen molar-refractivity contribution in [1.82, 2.24) is 25.5 Å². The van der Waals surface area contributed by atoms with Crippen LogP contribution >= 0.6 is 0 Å². The number of piperidine rings is 1. The van der Waals surface area contributed by atoms with E-state index in [1.54, 1.807) is 0 Å². The molecule has 0 amide bonds. The van der Waals surface area contributed by atoms with Crippen LogP contribution in [0.4, 0.5) is 0 Å². The predicted molar refractivity (Wildman–Crippen MR) is 70.6 cm³/mol. The number of nitrogens with zero attached hydrogens (tertiary/aromatic N) is 2.